The van der Waals surface area contributed by atoms with Crippen LogP contribution in [0.5, 0.6) is 0 Å². The molecule has 3 aromatic rings. The lowest BCUT2D eigenvalue weighted by atomic mass is 10.2. The first-order chi connectivity index (χ1) is 11.7. The van der Waals surface area contributed by atoms with Crippen molar-refractivity contribution in [2.75, 3.05) is 17.3 Å². The molecule has 0 aliphatic heterocycles. The molecular formula is C18H16N6. The standard InChI is InChI=1S/C18H16N6/c1-24(13-14-6-3-2-4-7-14)17-12-20-23-18(22-17)21-16-9-5-8-15(10-16)11-19/h2-10,12H,13H2,1H3,(H,21,22,23). The van der Waals surface area contributed by atoms with Crippen LogP contribution in [0.2, 0.25) is 0 Å². The van der Waals surface area contributed by atoms with Gasteiger partial charge in [0, 0.05) is 19.3 Å². The van der Waals surface area contributed by atoms with Crippen molar-refractivity contribution in [3.05, 3.63) is 71.9 Å². The van der Waals surface area contributed by atoms with Crippen LogP contribution in [0.15, 0.2) is 60.8 Å². The van der Waals surface area contributed by atoms with E-state index in [4.69, 9.17) is 5.26 Å². The SMILES string of the molecule is CN(Cc1ccccc1)c1cnnc(Nc2cccc(C#N)c2)n1. The van der Waals surface area contributed by atoms with E-state index in [9.17, 15) is 0 Å². The fourth-order valence-electron chi connectivity index (χ4n) is 2.27. The third kappa shape index (κ3) is 3.84. The minimum Gasteiger partial charge on any atom is -0.354 e. The second kappa shape index (κ2) is 7.20. The Balaban J connectivity index is 1.75. The average molecular weight is 316 g/mol. The van der Waals surface area contributed by atoms with E-state index in [-0.39, 0.29) is 0 Å². The van der Waals surface area contributed by atoms with Crippen molar-refractivity contribution in [3.63, 3.8) is 0 Å². The average Bonchev–Trinajstić information content (AvgIpc) is 2.63. The lowest BCUT2D eigenvalue weighted by molar-refractivity contribution is 0.866. The summed E-state index contributed by atoms with van der Waals surface area (Å²) < 4.78 is 0. The molecule has 0 unspecified atom stereocenters. The summed E-state index contributed by atoms with van der Waals surface area (Å²) in [7, 11) is 1.96. The van der Waals surface area contributed by atoms with Gasteiger partial charge in [-0.15, -0.1) is 5.10 Å². The number of hydrogen-bond acceptors (Lipinski definition) is 6. The van der Waals surface area contributed by atoms with Crippen LogP contribution in [0, 0.1) is 11.3 Å². The highest BCUT2D eigenvalue weighted by molar-refractivity contribution is 5.57. The molecule has 0 saturated carbocycles. The number of nitrogens with one attached hydrogen (secondary N) is 1. The van der Waals surface area contributed by atoms with Crippen LogP contribution in [-0.4, -0.2) is 22.2 Å². The number of hydrogen-bond donors (Lipinski definition) is 1. The maximum atomic E-state index is 8.96. The van der Waals surface area contributed by atoms with Crippen molar-refractivity contribution < 1.29 is 0 Å². The van der Waals surface area contributed by atoms with Gasteiger partial charge in [0.25, 0.3) is 0 Å². The Labute approximate surface area is 140 Å². The van der Waals surface area contributed by atoms with Crippen molar-refractivity contribution in [1.82, 2.24) is 15.2 Å². The molecule has 0 atom stereocenters. The number of benzene rings is 2. The molecule has 3 rings (SSSR count). The Morgan fingerprint density at radius 1 is 1.12 bits per heavy atom. The number of aromatic nitrogens is 3. The van der Waals surface area contributed by atoms with E-state index in [1.165, 1.54) is 5.56 Å². The highest BCUT2D eigenvalue weighted by Gasteiger charge is 2.07. The van der Waals surface area contributed by atoms with E-state index in [2.05, 4.69) is 38.7 Å². The van der Waals surface area contributed by atoms with Crippen molar-refractivity contribution in [2.45, 2.75) is 6.54 Å². The zero-order valence-corrected chi connectivity index (χ0v) is 13.2. The molecule has 118 valence electrons. The molecule has 1 heterocycles. The molecule has 1 aromatic heterocycles. The fourth-order valence-corrected chi connectivity index (χ4v) is 2.27. The first kappa shape index (κ1) is 15.4. The number of nitriles is 1. The van der Waals surface area contributed by atoms with Gasteiger partial charge in [-0.2, -0.15) is 15.3 Å². The second-order valence-electron chi connectivity index (χ2n) is 5.30. The Bertz CT molecular complexity index is 857. The van der Waals surface area contributed by atoms with Crippen LogP contribution in [0.4, 0.5) is 17.5 Å². The van der Waals surface area contributed by atoms with Gasteiger partial charge >= 0.3 is 0 Å². The van der Waals surface area contributed by atoms with Gasteiger partial charge in [-0.25, -0.2) is 0 Å². The normalized spacial score (nSPS) is 10.0. The van der Waals surface area contributed by atoms with E-state index < -0.39 is 0 Å². The molecule has 0 fully saturated rings. The molecule has 0 bridgehead atoms. The Morgan fingerprint density at radius 3 is 2.75 bits per heavy atom. The number of nitrogens with zero attached hydrogens (tertiary/aromatic N) is 5. The Morgan fingerprint density at radius 2 is 1.96 bits per heavy atom. The second-order valence-corrected chi connectivity index (χ2v) is 5.30. The molecule has 0 radical (unpaired) electrons. The molecule has 0 saturated heterocycles. The summed E-state index contributed by atoms with van der Waals surface area (Å²) in [6.45, 7) is 0.725. The minimum absolute atomic E-state index is 0.391. The zero-order chi connectivity index (χ0) is 16.8. The van der Waals surface area contributed by atoms with Crippen molar-refractivity contribution in [2.24, 2.45) is 0 Å². The fraction of sp³-hybridized carbons (Fsp3) is 0.111. The smallest absolute Gasteiger partial charge is 0.249 e. The van der Waals surface area contributed by atoms with Crippen LogP contribution >= 0.6 is 0 Å². The molecule has 24 heavy (non-hydrogen) atoms. The van der Waals surface area contributed by atoms with Gasteiger partial charge in [-0.05, 0) is 23.8 Å². The molecule has 6 nitrogen and oxygen atoms in total. The summed E-state index contributed by atoms with van der Waals surface area (Å²) in [5.41, 5.74) is 2.51. The predicted molar refractivity (Wildman–Crippen MR) is 92.8 cm³/mol. The van der Waals surface area contributed by atoms with Gasteiger partial charge in [-0.1, -0.05) is 36.4 Å². The quantitative estimate of drug-likeness (QED) is 0.779. The maximum absolute atomic E-state index is 8.96. The van der Waals surface area contributed by atoms with Gasteiger partial charge < -0.3 is 10.2 Å². The topological polar surface area (TPSA) is 77.7 Å². The van der Waals surface area contributed by atoms with Gasteiger partial charge in [0.2, 0.25) is 5.95 Å². The predicted octanol–water partition coefficient (Wildman–Crippen LogP) is 3.12. The van der Waals surface area contributed by atoms with Gasteiger partial charge in [0.1, 0.15) is 0 Å². The molecule has 0 spiro atoms. The van der Waals surface area contributed by atoms with E-state index >= 15 is 0 Å². The van der Waals surface area contributed by atoms with Gasteiger partial charge in [0.15, 0.2) is 5.82 Å². The van der Waals surface area contributed by atoms with Crippen LogP contribution in [0.1, 0.15) is 11.1 Å². The summed E-state index contributed by atoms with van der Waals surface area (Å²) in [6.07, 6.45) is 1.62. The summed E-state index contributed by atoms with van der Waals surface area (Å²) in [6, 6.07) is 19.4. The van der Waals surface area contributed by atoms with Gasteiger partial charge in [-0.3, -0.25) is 0 Å². The minimum atomic E-state index is 0.391. The van der Waals surface area contributed by atoms with Crippen LogP contribution in [-0.2, 0) is 6.54 Å². The highest BCUT2D eigenvalue weighted by atomic mass is 15.3. The molecule has 1 N–H and O–H groups in total. The summed E-state index contributed by atoms with van der Waals surface area (Å²) in [5.74, 6) is 1.11. The third-order valence-electron chi connectivity index (χ3n) is 3.45. The Hall–Kier alpha value is -3.46. The summed E-state index contributed by atoms with van der Waals surface area (Å²) in [4.78, 5) is 6.48. The molecule has 2 aromatic carbocycles. The molecular weight excluding hydrogens is 300 g/mol. The molecule has 0 amide bonds. The third-order valence-corrected chi connectivity index (χ3v) is 3.45. The van der Waals surface area contributed by atoms with Crippen LogP contribution in [0.25, 0.3) is 0 Å². The van der Waals surface area contributed by atoms with Gasteiger partial charge in [0.05, 0.1) is 17.8 Å². The summed E-state index contributed by atoms with van der Waals surface area (Å²) >= 11 is 0. The van der Waals surface area contributed by atoms with Crippen molar-refractivity contribution in [3.8, 4) is 6.07 Å². The van der Waals surface area contributed by atoms with Crippen LogP contribution < -0.4 is 10.2 Å². The van der Waals surface area contributed by atoms with E-state index in [1.807, 2.05) is 36.2 Å². The lowest BCUT2D eigenvalue weighted by Crippen LogP contribution is -2.18. The maximum Gasteiger partial charge on any atom is 0.249 e. The molecule has 0 aliphatic carbocycles. The Kier molecular flexibility index (Phi) is 4.63. The van der Waals surface area contributed by atoms with E-state index in [1.54, 1.807) is 24.4 Å². The lowest BCUT2D eigenvalue weighted by Gasteiger charge is -2.18. The molecule has 0 aliphatic rings. The first-order valence-electron chi connectivity index (χ1n) is 7.46. The van der Waals surface area contributed by atoms with Crippen molar-refractivity contribution >= 4 is 17.5 Å². The highest BCUT2D eigenvalue weighted by Crippen LogP contribution is 2.17. The van der Waals surface area contributed by atoms with E-state index in [0.717, 1.165) is 12.2 Å². The number of anilines is 3. The monoisotopic (exact) mass is 316 g/mol. The summed E-state index contributed by atoms with van der Waals surface area (Å²) in [5, 5.41) is 20.0. The van der Waals surface area contributed by atoms with Crippen molar-refractivity contribution in [1.29, 1.82) is 5.26 Å². The zero-order valence-electron chi connectivity index (χ0n) is 13.2. The van der Waals surface area contributed by atoms with E-state index in [0.29, 0.717) is 17.3 Å². The van der Waals surface area contributed by atoms with Crippen LogP contribution in [0.3, 0.4) is 0 Å². The molecule has 6 heteroatoms. The number of rotatable bonds is 5. The largest absolute Gasteiger partial charge is 0.354 e. The first-order valence-corrected chi connectivity index (χ1v) is 7.46.